The topological polar surface area (TPSA) is 67.9 Å². The van der Waals surface area contributed by atoms with Gasteiger partial charge in [0, 0.05) is 12.2 Å². The van der Waals surface area contributed by atoms with E-state index in [1.54, 1.807) is 0 Å². The van der Waals surface area contributed by atoms with Crippen molar-refractivity contribution < 1.29 is 19.1 Å². The molecular formula is C18H24N2O4. The second-order valence-corrected chi connectivity index (χ2v) is 6.62. The van der Waals surface area contributed by atoms with E-state index in [0.717, 1.165) is 5.56 Å². The van der Waals surface area contributed by atoms with Crippen molar-refractivity contribution in [1.82, 2.24) is 10.2 Å². The first kappa shape index (κ1) is 17.8. The molecule has 24 heavy (non-hydrogen) atoms. The maximum absolute atomic E-state index is 12.2. The number of nitrogens with one attached hydrogen (secondary N) is 1. The van der Waals surface area contributed by atoms with Crippen LogP contribution in [0.15, 0.2) is 41.6 Å². The molecule has 1 N–H and O–H groups in total. The fourth-order valence-corrected chi connectivity index (χ4v) is 2.36. The summed E-state index contributed by atoms with van der Waals surface area (Å²) in [4.78, 5) is 25.7. The number of benzene rings is 1. The molecule has 0 bridgehead atoms. The Morgan fingerprint density at radius 1 is 1.17 bits per heavy atom. The van der Waals surface area contributed by atoms with Gasteiger partial charge in [-0.2, -0.15) is 0 Å². The maximum atomic E-state index is 12.2. The largest absolute Gasteiger partial charge is 0.466 e. The maximum Gasteiger partial charge on any atom is 0.410 e. The van der Waals surface area contributed by atoms with Gasteiger partial charge in [-0.15, -0.1) is 0 Å². The lowest BCUT2D eigenvalue weighted by molar-refractivity contribution is -0.136. The van der Waals surface area contributed by atoms with Crippen molar-refractivity contribution in [3.8, 4) is 0 Å². The summed E-state index contributed by atoms with van der Waals surface area (Å²) in [7, 11) is 1.33. The molecule has 1 amide bonds. The van der Waals surface area contributed by atoms with Crippen LogP contribution in [-0.4, -0.2) is 42.8 Å². The molecule has 6 heteroatoms. The van der Waals surface area contributed by atoms with Gasteiger partial charge in [-0.25, -0.2) is 9.59 Å². The Morgan fingerprint density at radius 2 is 1.83 bits per heavy atom. The second-order valence-electron chi connectivity index (χ2n) is 6.62. The highest BCUT2D eigenvalue weighted by atomic mass is 16.6. The average molecular weight is 332 g/mol. The van der Waals surface area contributed by atoms with Gasteiger partial charge in [0.1, 0.15) is 5.60 Å². The van der Waals surface area contributed by atoms with E-state index in [1.165, 1.54) is 12.0 Å². The highest BCUT2D eigenvalue weighted by molar-refractivity contribution is 5.91. The summed E-state index contributed by atoms with van der Waals surface area (Å²) in [6.45, 7) is 6.47. The standard InChI is InChI=1S/C18H24N2O4/c1-18(2,3)24-17(22)20-11-14(16(21)23-4)15(12-20)19-10-13-8-6-5-7-9-13/h5-9,19H,10-12H2,1-4H3. The second kappa shape index (κ2) is 7.38. The lowest BCUT2D eigenvalue weighted by Gasteiger charge is -2.24. The van der Waals surface area contributed by atoms with Gasteiger partial charge in [-0.3, -0.25) is 4.90 Å². The predicted molar refractivity (Wildman–Crippen MR) is 90.1 cm³/mol. The molecule has 2 rings (SSSR count). The molecule has 0 radical (unpaired) electrons. The molecule has 0 unspecified atom stereocenters. The van der Waals surface area contributed by atoms with Gasteiger partial charge in [-0.1, -0.05) is 30.3 Å². The van der Waals surface area contributed by atoms with E-state index in [0.29, 0.717) is 24.4 Å². The summed E-state index contributed by atoms with van der Waals surface area (Å²) in [6.07, 6.45) is -0.444. The Kier molecular flexibility index (Phi) is 5.49. The summed E-state index contributed by atoms with van der Waals surface area (Å²) in [6, 6.07) is 9.84. The van der Waals surface area contributed by atoms with Gasteiger partial charge >= 0.3 is 12.1 Å². The van der Waals surface area contributed by atoms with Crippen molar-refractivity contribution >= 4 is 12.1 Å². The summed E-state index contributed by atoms with van der Waals surface area (Å²) < 4.78 is 10.2. The number of hydrogen-bond acceptors (Lipinski definition) is 5. The summed E-state index contributed by atoms with van der Waals surface area (Å²) >= 11 is 0. The minimum atomic E-state index is -0.581. The van der Waals surface area contributed by atoms with Crippen molar-refractivity contribution in [2.24, 2.45) is 0 Å². The van der Waals surface area contributed by atoms with Crippen molar-refractivity contribution in [1.29, 1.82) is 0 Å². The lowest BCUT2D eigenvalue weighted by Crippen LogP contribution is -2.36. The quantitative estimate of drug-likeness (QED) is 0.858. The van der Waals surface area contributed by atoms with E-state index in [-0.39, 0.29) is 6.54 Å². The third-order valence-corrected chi connectivity index (χ3v) is 3.49. The Morgan fingerprint density at radius 3 is 2.42 bits per heavy atom. The minimum Gasteiger partial charge on any atom is -0.466 e. The molecule has 6 nitrogen and oxygen atoms in total. The normalized spacial score (nSPS) is 14.6. The van der Waals surface area contributed by atoms with Gasteiger partial charge in [0.15, 0.2) is 0 Å². The number of carbonyl (C=O) groups excluding carboxylic acids is 2. The SMILES string of the molecule is COC(=O)C1=C(NCc2ccccc2)CN(C(=O)OC(C)(C)C)C1. The van der Waals surface area contributed by atoms with Gasteiger partial charge in [0.2, 0.25) is 0 Å². The molecule has 1 aliphatic heterocycles. The van der Waals surface area contributed by atoms with Crippen LogP contribution in [0.1, 0.15) is 26.3 Å². The van der Waals surface area contributed by atoms with E-state index < -0.39 is 17.7 Å². The first-order valence-electron chi connectivity index (χ1n) is 7.86. The Bertz CT molecular complexity index is 632. The van der Waals surface area contributed by atoms with Crippen LogP contribution in [0.5, 0.6) is 0 Å². The highest BCUT2D eigenvalue weighted by Gasteiger charge is 2.32. The zero-order valence-electron chi connectivity index (χ0n) is 14.6. The lowest BCUT2D eigenvalue weighted by atomic mass is 10.2. The first-order chi connectivity index (χ1) is 11.3. The van der Waals surface area contributed by atoms with Crippen molar-refractivity contribution in [2.45, 2.75) is 32.9 Å². The molecule has 0 saturated heterocycles. The van der Waals surface area contributed by atoms with Crippen molar-refractivity contribution in [3.05, 3.63) is 47.2 Å². The number of ether oxygens (including phenoxy) is 2. The highest BCUT2D eigenvalue weighted by Crippen LogP contribution is 2.20. The first-order valence-corrected chi connectivity index (χ1v) is 7.86. The molecule has 0 fully saturated rings. The average Bonchev–Trinajstić information content (AvgIpc) is 2.96. The molecule has 1 aliphatic rings. The zero-order valence-corrected chi connectivity index (χ0v) is 14.6. The molecule has 0 atom stereocenters. The molecule has 1 aromatic rings. The minimum absolute atomic E-state index is 0.179. The molecule has 0 spiro atoms. The monoisotopic (exact) mass is 332 g/mol. The third kappa shape index (κ3) is 4.75. The smallest absolute Gasteiger partial charge is 0.410 e. The number of nitrogens with zero attached hydrogens (tertiary/aromatic N) is 1. The molecule has 130 valence electrons. The van der Waals surface area contributed by atoms with Crippen LogP contribution in [0.4, 0.5) is 4.79 Å². The molecular weight excluding hydrogens is 308 g/mol. The van der Waals surface area contributed by atoms with Crippen LogP contribution in [0.2, 0.25) is 0 Å². The van der Waals surface area contributed by atoms with Crippen LogP contribution in [0, 0.1) is 0 Å². The number of hydrogen-bond donors (Lipinski definition) is 1. The fraction of sp³-hybridized carbons (Fsp3) is 0.444. The number of rotatable bonds is 4. The van der Waals surface area contributed by atoms with Gasteiger partial charge in [0.25, 0.3) is 0 Å². The van der Waals surface area contributed by atoms with E-state index in [9.17, 15) is 9.59 Å². The number of esters is 1. The van der Waals surface area contributed by atoms with Crippen molar-refractivity contribution in [3.63, 3.8) is 0 Å². The Hall–Kier alpha value is -2.50. The Balaban J connectivity index is 2.07. The summed E-state index contributed by atoms with van der Waals surface area (Å²) in [5, 5.41) is 3.24. The number of carbonyl (C=O) groups is 2. The van der Waals surface area contributed by atoms with Crippen LogP contribution in [-0.2, 0) is 20.8 Å². The Labute approximate surface area is 142 Å². The van der Waals surface area contributed by atoms with E-state index in [4.69, 9.17) is 9.47 Å². The van der Waals surface area contributed by atoms with Crippen LogP contribution in [0.3, 0.4) is 0 Å². The number of amides is 1. The van der Waals surface area contributed by atoms with Crippen LogP contribution < -0.4 is 5.32 Å². The van der Waals surface area contributed by atoms with Crippen molar-refractivity contribution in [2.75, 3.05) is 20.2 Å². The third-order valence-electron chi connectivity index (χ3n) is 3.49. The molecule has 0 aromatic heterocycles. The molecule has 0 saturated carbocycles. The van der Waals surface area contributed by atoms with Crippen LogP contribution in [0.25, 0.3) is 0 Å². The summed E-state index contributed by atoms with van der Waals surface area (Å²) in [5.41, 5.74) is 1.66. The zero-order chi connectivity index (χ0) is 17.7. The van der Waals surface area contributed by atoms with Gasteiger partial charge in [-0.05, 0) is 26.3 Å². The van der Waals surface area contributed by atoms with E-state index >= 15 is 0 Å². The van der Waals surface area contributed by atoms with Gasteiger partial charge < -0.3 is 14.8 Å². The van der Waals surface area contributed by atoms with Gasteiger partial charge in [0.05, 0.1) is 25.8 Å². The molecule has 1 heterocycles. The fourth-order valence-electron chi connectivity index (χ4n) is 2.36. The predicted octanol–water partition coefficient (Wildman–Crippen LogP) is 2.45. The van der Waals surface area contributed by atoms with Crippen LogP contribution >= 0.6 is 0 Å². The van der Waals surface area contributed by atoms with E-state index in [2.05, 4.69) is 5.32 Å². The van der Waals surface area contributed by atoms with E-state index in [1.807, 2.05) is 51.1 Å². The number of methoxy groups -OCH3 is 1. The molecule has 0 aliphatic carbocycles. The summed E-state index contributed by atoms with van der Waals surface area (Å²) in [5.74, 6) is -0.434. The molecule has 1 aromatic carbocycles.